The van der Waals surface area contributed by atoms with Gasteiger partial charge < -0.3 is 15.5 Å². The van der Waals surface area contributed by atoms with Crippen LogP contribution < -0.4 is 15.5 Å². The van der Waals surface area contributed by atoms with Gasteiger partial charge in [-0.3, -0.25) is 9.59 Å². The minimum atomic E-state index is -0.107. The molecule has 3 rings (SSSR count). The Morgan fingerprint density at radius 3 is 1.96 bits per heavy atom. The summed E-state index contributed by atoms with van der Waals surface area (Å²) in [6, 6.07) is 15.4. The van der Waals surface area contributed by atoms with Gasteiger partial charge in [0.1, 0.15) is 0 Å². The third kappa shape index (κ3) is 5.84. The van der Waals surface area contributed by atoms with Crippen molar-refractivity contribution in [2.24, 2.45) is 0 Å². The van der Waals surface area contributed by atoms with Crippen LogP contribution in [0.25, 0.3) is 0 Å². The number of nitrogens with zero attached hydrogens (tertiary/aromatic N) is 1. The van der Waals surface area contributed by atoms with Gasteiger partial charge in [-0.2, -0.15) is 0 Å². The second-order valence-corrected chi connectivity index (χ2v) is 7.05. The van der Waals surface area contributed by atoms with Crippen LogP contribution >= 0.6 is 0 Å². The quantitative estimate of drug-likeness (QED) is 0.834. The van der Waals surface area contributed by atoms with Crippen molar-refractivity contribution in [3.05, 3.63) is 54.1 Å². The summed E-state index contributed by atoms with van der Waals surface area (Å²) in [5.41, 5.74) is 3.68. The molecule has 27 heavy (non-hydrogen) atoms. The molecular formula is C22H27N3O2. The first-order chi connectivity index (χ1) is 13.1. The Morgan fingerprint density at radius 2 is 1.37 bits per heavy atom. The van der Waals surface area contributed by atoms with Crippen LogP contribution in [0.3, 0.4) is 0 Å². The van der Waals surface area contributed by atoms with Crippen molar-refractivity contribution in [1.29, 1.82) is 0 Å². The molecule has 2 amide bonds. The van der Waals surface area contributed by atoms with Gasteiger partial charge >= 0.3 is 0 Å². The largest absolute Gasteiger partial charge is 0.372 e. The predicted octanol–water partition coefficient (Wildman–Crippen LogP) is 4.21. The molecule has 0 atom stereocenters. The highest BCUT2D eigenvalue weighted by Crippen LogP contribution is 2.21. The summed E-state index contributed by atoms with van der Waals surface area (Å²) in [4.78, 5) is 25.8. The molecule has 1 saturated heterocycles. The second kappa shape index (κ2) is 9.21. The van der Waals surface area contributed by atoms with Crippen LogP contribution in [-0.4, -0.2) is 24.9 Å². The zero-order valence-corrected chi connectivity index (χ0v) is 15.8. The molecule has 0 unspecified atom stereocenters. The number of amides is 2. The third-order valence-corrected chi connectivity index (χ3v) is 4.76. The predicted molar refractivity (Wildman–Crippen MR) is 110 cm³/mol. The minimum Gasteiger partial charge on any atom is -0.372 e. The SMILES string of the molecule is CC(=O)Nc1ccc(CC(=O)Nc2ccc(N3CCCCCC3)cc2)cc1. The number of hydrogen-bond donors (Lipinski definition) is 2. The Labute approximate surface area is 160 Å². The molecular weight excluding hydrogens is 338 g/mol. The first-order valence-corrected chi connectivity index (χ1v) is 9.61. The number of hydrogen-bond acceptors (Lipinski definition) is 3. The number of anilines is 3. The van der Waals surface area contributed by atoms with E-state index in [4.69, 9.17) is 0 Å². The van der Waals surface area contributed by atoms with Gasteiger partial charge in [-0.15, -0.1) is 0 Å². The van der Waals surface area contributed by atoms with Gasteiger partial charge in [-0.05, 0) is 54.8 Å². The molecule has 1 aliphatic rings. The van der Waals surface area contributed by atoms with Crippen molar-refractivity contribution in [1.82, 2.24) is 0 Å². The fourth-order valence-electron chi connectivity index (χ4n) is 3.38. The van der Waals surface area contributed by atoms with Crippen molar-refractivity contribution in [2.45, 2.75) is 39.0 Å². The van der Waals surface area contributed by atoms with E-state index in [1.165, 1.54) is 38.3 Å². The van der Waals surface area contributed by atoms with Crippen LogP contribution in [0.15, 0.2) is 48.5 Å². The Morgan fingerprint density at radius 1 is 0.815 bits per heavy atom. The highest BCUT2D eigenvalue weighted by atomic mass is 16.2. The third-order valence-electron chi connectivity index (χ3n) is 4.76. The number of nitrogens with one attached hydrogen (secondary N) is 2. The van der Waals surface area contributed by atoms with E-state index in [9.17, 15) is 9.59 Å². The molecule has 2 aromatic carbocycles. The Kier molecular flexibility index (Phi) is 6.47. The zero-order chi connectivity index (χ0) is 19.1. The van der Waals surface area contributed by atoms with E-state index < -0.39 is 0 Å². The summed E-state index contributed by atoms with van der Waals surface area (Å²) in [6.45, 7) is 3.69. The number of carbonyl (C=O) groups excluding carboxylic acids is 2. The van der Waals surface area contributed by atoms with E-state index in [2.05, 4.69) is 27.7 Å². The highest BCUT2D eigenvalue weighted by molar-refractivity contribution is 5.92. The number of rotatable bonds is 5. The van der Waals surface area contributed by atoms with E-state index in [1.54, 1.807) is 12.1 Å². The average molecular weight is 365 g/mol. The van der Waals surface area contributed by atoms with E-state index in [1.807, 2.05) is 24.3 Å². The van der Waals surface area contributed by atoms with Crippen molar-refractivity contribution in [2.75, 3.05) is 28.6 Å². The summed E-state index contributed by atoms with van der Waals surface area (Å²) in [5.74, 6) is -0.158. The number of benzene rings is 2. The molecule has 2 N–H and O–H groups in total. The molecule has 1 heterocycles. The Balaban J connectivity index is 1.53. The van der Waals surface area contributed by atoms with Crippen LogP contribution in [0, 0.1) is 0 Å². The van der Waals surface area contributed by atoms with E-state index in [-0.39, 0.29) is 11.8 Å². The van der Waals surface area contributed by atoms with Crippen LogP contribution in [0.1, 0.15) is 38.2 Å². The summed E-state index contributed by atoms with van der Waals surface area (Å²) < 4.78 is 0. The van der Waals surface area contributed by atoms with Crippen LogP contribution in [-0.2, 0) is 16.0 Å². The highest BCUT2D eigenvalue weighted by Gasteiger charge is 2.10. The molecule has 142 valence electrons. The molecule has 0 bridgehead atoms. The smallest absolute Gasteiger partial charge is 0.228 e. The molecule has 0 radical (unpaired) electrons. The lowest BCUT2D eigenvalue weighted by Crippen LogP contribution is -2.23. The maximum atomic E-state index is 12.3. The number of carbonyl (C=O) groups is 2. The molecule has 5 nitrogen and oxygen atoms in total. The zero-order valence-electron chi connectivity index (χ0n) is 15.8. The van der Waals surface area contributed by atoms with Gasteiger partial charge in [0.15, 0.2) is 0 Å². The van der Waals surface area contributed by atoms with Crippen molar-refractivity contribution in [3.63, 3.8) is 0 Å². The van der Waals surface area contributed by atoms with Crippen LogP contribution in [0.2, 0.25) is 0 Å². The molecule has 1 aliphatic heterocycles. The first kappa shape index (κ1) is 19.0. The molecule has 2 aromatic rings. The minimum absolute atomic E-state index is 0.0511. The van der Waals surface area contributed by atoms with Crippen LogP contribution in [0.4, 0.5) is 17.1 Å². The van der Waals surface area contributed by atoms with Crippen molar-refractivity contribution in [3.8, 4) is 0 Å². The maximum Gasteiger partial charge on any atom is 0.228 e. The first-order valence-electron chi connectivity index (χ1n) is 9.61. The maximum absolute atomic E-state index is 12.3. The summed E-state index contributed by atoms with van der Waals surface area (Å²) in [6.07, 6.45) is 5.43. The van der Waals surface area contributed by atoms with E-state index in [0.717, 1.165) is 30.0 Å². The Bertz CT molecular complexity index is 761. The molecule has 0 aromatic heterocycles. The molecule has 0 aliphatic carbocycles. The van der Waals surface area contributed by atoms with Gasteiger partial charge in [0, 0.05) is 37.1 Å². The van der Waals surface area contributed by atoms with Crippen molar-refractivity contribution >= 4 is 28.9 Å². The topological polar surface area (TPSA) is 61.4 Å². The average Bonchev–Trinajstić information content (AvgIpc) is 2.93. The Hall–Kier alpha value is -2.82. The van der Waals surface area contributed by atoms with Gasteiger partial charge in [0.25, 0.3) is 0 Å². The lowest BCUT2D eigenvalue weighted by molar-refractivity contribution is -0.116. The molecule has 0 spiro atoms. The molecule has 5 heteroatoms. The van der Waals surface area contributed by atoms with E-state index >= 15 is 0 Å². The van der Waals surface area contributed by atoms with Gasteiger partial charge in [0.2, 0.25) is 11.8 Å². The lowest BCUT2D eigenvalue weighted by Gasteiger charge is -2.22. The molecule has 1 fully saturated rings. The lowest BCUT2D eigenvalue weighted by atomic mass is 10.1. The van der Waals surface area contributed by atoms with Crippen molar-refractivity contribution < 1.29 is 9.59 Å². The normalized spacial score (nSPS) is 14.3. The van der Waals surface area contributed by atoms with Crippen LogP contribution in [0.5, 0.6) is 0 Å². The monoisotopic (exact) mass is 365 g/mol. The molecule has 0 saturated carbocycles. The fourth-order valence-corrected chi connectivity index (χ4v) is 3.38. The van der Waals surface area contributed by atoms with E-state index in [0.29, 0.717) is 6.42 Å². The summed E-state index contributed by atoms with van der Waals surface area (Å²) >= 11 is 0. The second-order valence-electron chi connectivity index (χ2n) is 7.05. The summed E-state index contributed by atoms with van der Waals surface area (Å²) in [7, 11) is 0. The van der Waals surface area contributed by atoms with Gasteiger partial charge in [-0.25, -0.2) is 0 Å². The fraction of sp³-hybridized carbons (Fsp3) is 0.364. The van der Waals surface area contributed by atoms with Gasteiger partial charge in [-0.1, -0.05) is 25.0 Å². The van der Waals surface area contributed by atoms with Gasteiger partial charge in [0.05, 0.1) is 6.42 Å². The standard InChI is InChI=1S/C22H27N3O2/c1-17(26)23-19-8-6-18(7-9-19)16-22(27)24-20-10-12-21(13-11-20)25-14-4-2-3-5-15-25/h6-13H,2-5,14-16H2,1H3,(H,23,26)(H,24,27). The summed E-state index contributed by atoms with van der Waals surface area (Å²) in [5, 5.41) is 5.67.